The van der Waals surface area contributed by atoms with Crippen molar-refractivity contribution >= 4 is 104 Å². The topological polar surface area (TPSA) is 560 Å². The molecule has 2 aliphatic heterocycles. The number of hydrogen-bond donors (Lipinski definition) is 7. The zero-order valence-corrected chi connectivity index (χ0v) is 75.8. The number of hydrogen-bond acceptors (Lipinski definition) is 37. The summed E-state index contributed by atoms with van der Waals surface area (Å²) in [4.78, 5) is 205. The van der Waals surface area contributed by atoms with Gasteiger partial charge < -0.3 is 127 Å². The summed E-state index contributed by atoms with van der Waals surface area (Å²) in [6.07, 6.45) is -14.9. The van der Waals surface area contributed by atoms with Crippen LogP contribution in [0.3, 0.4) is 0 Å². The summed E-state index contributed by atoms with van der Waals surface area (Å²) in [5.74, 6) is -11.3. The van der Waals surface area contributed by atoms with Gasteiger partial charge in [0.05, 0.1) is 90.9 Å². The van der Waals surface area contributed by atoms with E-state index in [9.17, 15) is 82.0 Å². The van der Waals surface area contributed by atoms with Gasteiger partial charge in [-0.2, -0.15) is 5.26 Å². The van der Waals surface area contributed by atoms with Gasteiger partial charge in [0.15, 0.2) is 43.1 Å². The number of unbranched alkanes of at least 4 members (excludes halogenated alkanes) is 1. The molecule has 1 aromatic rings. The van der Waals surface area contributed by atoms with Crippen molar-refractivity contribution in [2.75, 3.05) is 106 Å². The van der Waals surface area contributed by atoms with Gasteiger partial charge in [-0.1, -0.05) is 0 Å². The van der Waals surface area contributed by atoms with Crippen LogP contribution < -0.4 is 41.7 Å². The molecule has 44 nitrogen and oxygen atoms in total. The van der Waals surface area contributed by atoms with Gasteiger partial charge in [-0.25, -0.2) is 4.67 Å². The minimum Gasteiger partial charge on any atom is -0.465 e. The molecule has 3 fully saturated rings. The maximum Gasteiger partial charge on any atom is 0.321 e. The molecule has 7 amide bonds. The highest BCUT2D eigenvalue weighted by atomic mass is 31.2. The van der Waals surface area contributed by atoms with Gasteiger partial charge in [-0.15, -0.1) is 0 Å². The largest absolute Gasteiger partial charge is 0.465 e. The molecule has 0 aromatic heterocycles. The number of benzene rings is 1. The van der Waals surface area contributed by atoms with E-state index >= 15 is 0 Å². The van der Waals surface area contributed by atoms with Crippen LogP contribution in [-0.4, -0.2) is 309 Å². The molecule has 0 spiro atoms. The Morgan fingerprint density at radius 3 is 1.18 bits per heavy atom. The molecule has 127 heavy (non-hydrogen) atoms. The summed E-state index contributed by atoms with van der Waals surface area (Å²) in [6.45, 7) is 19.1. The van der Waals surface area contributed by atoms with Gasteiger partial charge in [0.2, 0.25) is 35.4 Å². The van der Waals surface area contributed by atoms with Crippen LogP contribution in [0, 0.1) is 17.2 Å². The molecule has 0 bridgehead atoms. The smallest absolute Gasteiger partial charge is 0.321 e. The highest BCUT2D eigenvalue weighted by Crippen LogP contribution is 2.47. The van der Waals surface area contributed by atoms with Crippen molar-refractivity contribution in [2.45, 2.75) is 272 Å². The fraction of sp³-hybridized carbons (Fsp3) is 0.720. The second kappa shape index (κ2) is 57.8. The van der Waals surface area contributed by atoms with E-state index in [1.807, 2.05) is 32.4 Å². The Morgan fingerprint density at radius 1 is 0.449 bits per heavy atom. The standard InChI is InChI=1S/C82H126N9O35P/c1-47(2)91(48(3)4)127(117-33-18-17-29-83)126-63-21-19-61(20-22-63)79(107)90-82(26-23-67(104)84-30-34-108-37-40-111-64-43-62(44-114-52(8)95)73(118-55(11)98)76(121-58(14)101)70(64)87-49(5)92,27-24-68(105)85-31-35-109-38-41-112-80-71(88-50(6)93)77(122-59(15)102)74(119-56(12)99)65(124-80)45-115-53(9)96)28-25-69(106)86-32-36-110-39-42-113-81-72(89-51(7)94)78(123-60(16)103)75(120-57(13)100)66(125-81)46-116-54(10)97/h19-22,47-48,62,64-66,70-78,80-81H,17-18,23-28,30-46H2,1-16H3,(H,84,104)(H,85,105)(H,86,106)(H,87,92)(H,88,93)(H,89,94)(H,90,107). The predicted molar refractivity (Wildman–Crippen MR) is 439 cm³/mol. The third-order valence-corrected chi connectivity index (χ3v) is 21.1. The van der Waals surface area contributed by atoms with E-state index < -0.39 is 214 Å². The molecule has 16 atom stereocenters. The van der Waals surface area contributed by atoms with Crippen LogP contribution in [0.25, 0.3) is 0 Å². The van der Waals surface area contributed by atoms with Gasteiger partial charge in [0.1, 0.15) is 49.4 Å². The van der Waals surface area contributed by atoms with Crippen molar-refractivity contribution in [2.24, 2.45) is 5.92 Å². The molecular formula is C82H126N9O35P. The van der Waals surface area contributed by atoms with E-state index in [1.165, 1.54) is 39.8 Å². The molecule has 1 saturated carbocycles. The first-order chi connectivity index (χ1) is 60.1. The van der Waals surface area contributed by atoms with Crippen molar-refractivity contribution in [1.29, 1.82) is 5.26 Å². The van der Waals surface area contributed by atoms with Gasteiger partial charge in [-0.3, -0.25) is 76.7 Å². The number of esters is 9. The van der Waals surface area contributed by atoms with E-state index in [0.717, 1.165) is 55.4 Å². The van der Waals surface area contributed by atoms with Gasteiger partial charge in [0.25, 0.3) is 5.91 Å². The third kappa shape index (κ3) is 41.8. The van der Waals surface area contributed by atoms with Gasteiger partial charge in [0, 0.05) is 158 Å². The molecule has 0 radical (unpaired) electrons. The van der Waals surface area contributed by atoms with Crippen LogP contribution in [0.2, 0.25) is 0 Å². The highest BCUT2D eigenvalue weighted by Gasteiger charge is 2.54. The molecule has 16 unspecified atom stereocenters. The summed E-state index contributed by atoms with van der Waals surface area (Å²) >= 11 is 0. The molecule has 2 heterocycles. The van der Waals surface area contributed by atoms with E-state index in [-0.39, 0.29) is 161 Å². The van der Waals surface area contributed by atoms with Crippen LogP contribution in [0.5, 0.6) is 5.75 Å². The quantitative estimate of drug-likeness (QED) is 0.0211. The van der Waals surface area contributed by atoms with Crippen LogP contribution in [0.1, 0.15) is 179 Å². The number of amides is 7. The van der Waals surface area contributed by atoms with Crippen LogP contribution in [0.15, 0.2) is 24.3 Å². The molecular weight excluding hydrogens is 1700 g/mol. The van der Waals surface area contributed by atoms with Crippen LogP contribution in [0.4, 0.5) is 0 Å². The molecule has 3 aliphatic rings. The van der Waals surface area contributed by atoms with Gasteiger partial charge in [-0.05, 0) is 84.1 Å². The summed E-state index contributed by atoms with van der Waals surface area (Å²) in [5, 5.41) is 28.6. The SMILES string of the molecule is CC(=O)NC1C(OCCOCCNC(=O)CCC(CCC(=O)NCCOCCOC2OC(COC(C)=O)C(OC(C)=O)C(OC(C)=O)C2NC(C)=O)(CCC(=O)NCCOCCOC2OC(COC(C)=O)C(OC(C)=O)C(OC(C)=O)C2NC(C)=O)NC(=O)c2ccc(OP(OCCCC#N)N(C(C)C)C(C)C)cc2)CC(COC(C)=O)C(OC(C)=O)C1OC(C)=O. The van der Waals surface area contributed by atoms with Crippen molar-refractivity contribution in [1.82, 2.24) is 41.9 Å². The monoisotopic (exact) mass is 1830 g/mol. The van der Waals surface area contributed by atoms with Crippen LogP contribution >= 0.6 is 8.53 Å². The maximum absolute atomic E-state index is 14.9. The normalized spacial score (nSPS) is 22.6. The zero-order valence-electron chi connectivity index (χ0n) is 74.9. The summed E-state index contributed by atoms with van der Waals surface area (Å²) in [6, 6.07) is 4.61. The lowest BCUT2D eigenvalue weighted by atomic mass is 9.79. The first-order valence-corrected chi connectivity index (χ1v) is 42.9. The van der Waals surface area contributed by atoms with E-state index in [4.69, 9.17) is 89.6 Å². The first-order valence-electron chi connectivity index (χ1n) is 41.8. The average molecular weight is 1830 g/mol. The maximum atomic E-state index is 14.9. The Hall–Kier alpha value is -9.94. The lowest BCUT2D eigenvalue weighted by Crippen LogP contribution is -2.66. The van der Waals surface area contributed by atoms with E-state index in [0.29, 0.717) is 12.2 Å². The molecule has 1 aromatic carbocycles. The number of carbonyl (C=O) groups excluding carboxylic acids is 16. The zero-order chi connectivity index (χ0) is 94.5. The second-order valence-electron chi connectivity index (χ2n) is 30.4. The number of nitrogens with zero attached hydrogens (tertiary/aromatic N) is 2. The van der Waals surface area contributed by atoms with Crippen LogP contribution in [-0.2, 0) is 157 Å². The summed E-state index contributed by atoms with van der Waals surface area (Å²) in [5.41, 5.74) is -1.45. The van der Waals surface area contributed by atoms with Crippen molar-refractivity contribution in [3.8, 4) is 11.8 Å². The lowest BCUT2D eigenvalue weighted by molar-refractivity contribution is -0.279. The van der Waals surface area contributed by atoms with E-state index in [2.05, 4.69) is 43.3 Å². The van der Waals surface area contributed by atoms with Crippen molar-refractivity contribution in [3.63, 3.8) is 0 Å². The minimum absolute atomic E-state index is 0.0344. The highest BCUT2D eigenvalue weighted by molar-refractivity contribution is 7.45. The number of nitrogens with one attached hydrogen (secondary N) is 7. The molecule has 714 valence electrons. The average Bonchev–Trinajstić information content (AvgIpc) is 0.790. The molecule has 2 saturated heterocycles. The predicted octanol–water partition coefficient (Wildman–Crippen LogP) is 1.62. The molecule has 4 rings (SSSR count). The Labute approximate surface area is 739 Å². The summed E-state index contributed by atoms with van der Waals surface area (Å²) in [7, 11) is -1.74. The molecule has 1 aliphatic carbocycles. The van der Waals surface area contributed by atoms with E-state index in [1.54, 1.807) is 12.1 Å². The first kappa shape index (κ1) is 109. The Kier molecular flexibility index (Phi) is 49.8. The Bertz CT molecular complexity index is 3500. The number of ether oxygens (including phenoxy) is 17. The van der Waals surface area contributed by atoms with Crippen molar-refractivity contribution < 1.29 is 166 Å². The second-order valence-corrected chi connectivity index (χ2v) is 31.8. The number of rotatable bonds is 56. The third-order valence-electron chi connectivity index (χ3n) is 19.0. The minimum atomic E-state index is -1.74. The Morgan fingerprint density at radius 2 is 0.811 bits per heavy atom. The molecule has 7 N–H and O–H groups in total. The fourth-order valence-corrected chi connectivity index (χ4v) is 15.6. The number of nitriles is 1. The fourth-order valence-electron chi connectivity index (χ4n) is 13.9. The van der Waals surface area contributed by atoms with Gasteiger partial charge >= 0.3 is 62.2 Å². The molecule has 45 heteroatoms. The Balaban J connectivity index is 1.63. The lowest BCUT2D eigenvalue weighted by Gasteiger charge is -2.45. The summed E-state index contributed by atoms with van der Waals surface area (Å²) < 4.78 is 111. The number of carbonyl (C=O) groups is 16. The van der Waals surface area contributed by atoms with Crippen molar-refractivity contribution in [3.05, 3.63) is 29.8 Å².